The molecule has 2 aromatic heterocycles. The number of hydrogen-bond acceptors (Lipinski definition) is 6. The van der Waals surface area contributed by atoms with E-state index >= 15 is 0 Å². The van der Waals surface area contributed by atoms with Crippen LogP contribution in [0.1, 0.15) is 21.7 Å². The molecule has 0 radical (unpaired) electrons. The number of amides is 1. The lowest BCUT2D eigenvalue weighted by Gasteiger charge is -2.11. The molecule has 2 heterocycles. The molecule has 0 saturated heterocycles. The molecule has 1 amide bonds. The fourth-order valence-electron chi connectivity index (χ4n) is 2.07. The van der Waals surface area contributed by atoms with E-state index in [-0.39, 0.29) is 23.0 Å². The molecular weight excluding hydrogens is 387 g/mol. The molecule has 0 spiro atoms. The lowest BCUT2D eigenvalue weighted by atomic mass is 10.2. The summed E-state index contributed by atoms with van der Waals surface area (Å²) in [6.45, 7) is 1.67. The highest BCUT2D eigenvalue weighted by Crippen LogP contribution is 2.36. The first-order valence-electron chi connectivity index (χ1n) is 7.43. The highest BCUT2D eigenvalue weighted by molar-refractivity contribution is 6.31. The van der Waals surface area contributed by atoms with Crippen molar-refractivity contribution < 1.29 is 22.5 Å². The Bertz CT molecular complexity index is 973. The van der Waals surface area contributed by atoms with Gasteiger partial charge in [-0.2, -0.15) is 13.2 Å². The number of halogens is 4. The molecule has 0 aliphatic heterocycles. The van der Waals surface area contributed by atoms with Crippen LogP contribution in [0.4, 0.5) is 30.6 Å². The first-order chi connectivity index (χ1) is 12.7. The highest BCUT2D eigenvalue weighted by Gasteiger charge is 2.33. The summed E-state index contributed by atoms with van der Waals surface area (Å²) in [4.78, 5) is 19.9. The van der Waals surface area contributed by atoms with Gasteiger partial charge in [-0.3, -0.25) is 4.79 Å². The number of nitrogens with zero attached hydrogens (tertiary/aromatic N) is 3. The molecule has 27 heavy (non-hydrogen) atoms. The second kappa shape index (κ2) is 7.23. The summed E-state index contributed by atoms with van der Waals surface area (Å²) in [5.74, 6) is 0.266. The zero-order valence-corrected chi connectivity index (χ0v) is 14.4. The second-order valence-electron chi connectivity index (χ2n) is 5.39. The molecule has 11 heteroatoms. The molecule has 140 valence electrons. The third-order valence-electron chi connectivity index (χ3n) is 3.31. The number of aromatic nitrogens is 3. The van der Waals surface area contributed by atoms with Crippen molar-refractivity contribution in [1.29, 1.82) is 0 Å². The van der Waals surface area contributed by atoms with E-state index in [1.54, 1.807) is 6.92 Å². The van der Waals surface area contributed by atoms with Gasteiger partial charge in [0.25, 0.3) is 5.91 Å². The van der Waals surface area contributed by atoms with Crippen molar-refractivity contribution in [3.05, 3.63) is 58.6 Å². The second-order valence-corrected chi connectivity index (χ2v) is 5.80. The van der Waals surface area contributed by atoms with E-state index < -0.39 is 22.7 Å². The van der Waals surface area contributed by atoms with Crippen LogP contribution >= 0.6 is 11.6 Å². The van der Waals surface area contributed by atoms with Gasteiger partial charge in [0.15, 0.2) is 5.82 Å². The minimum Gasteiger partial charge on any atom is -0.360 e. The van der Waals surface area contributed by atoms with Gasteiger partial charge in [-0.25, -0.2) is 9.97 Å². The molecule has 1 aromatic carbocycles. The number of rotatable bonds is 4. The Balaban J connectivity index is 1.71. The third kappa shape index (κ3) is 4.53. The van der Waals surface area contributed by atoms with E-state index in [1.807, 2.05) is 0 Å². The van der Waals surface area contributed by atoms with Crippen LogP contribution in [0.3, 0.4) is 0 Å². The molecule has 0 atom stereocenters. The third-order valence-corrected chi connectivity index (χ3v) is 3.64. The zero-order valence-electron chi connectivity index (χ0n) is 13.6. The molecular formula is C16H11ClF3N5O2. The van der Waals surface area contributed by atoms with Crippen LogP contribution in [-0.2, 0) is 6.18 Å². The monoisotopic (exact) mass is 397 g/mol. The number of benzene rings is 1. The van der Waals surface area contributed by atoms with Gasteiger partial charge in [-0.15, -0.1) is 0 Å². The average Bonchev–Trinajstić information content (AvgIpc) is 3.01. The van der Waals surface area contributed by atoms with Crippen molar-refractivity contribution in [2.24, 2.45) is 0 Å². The van der Waals surface area contributed by atoms with Gasteiger partial charge in [0.1, 0.15) is 5.76 Å². The van der Waals surface area contributed by atoms with Crippen molar-refractivity contribution in [2.45, 2.75) is 13.1 Å². The molecule has 7 nitrogen and oxygen atoms in total. The predicted octanol–water partition coefficient (Wildman–Crippen LogP) is 4.44. The standard InChI is InChI=1S/C16H11ClF3N5O2/c1-8-4-13(25-27-8)24-14(26)9-6-21-15(22-7-9)23-10-2-3-12(17)11(5-10)16(18,19)20/h2-7H,1H3,(H,21,22,23)(H,24,25,26). The maximum absolute atomic E-state index is 12.9. The van der Waals surface area contributed by atoms with Crippen LogP contribution in [-0.4, -0.2) is 21.0 Å². The number of carbonyl (C=O) groups excluding carboxylic acids is 1. The average molecular weight is 398 g/mol. The number of nitrogens with one attached hydrogen (secondary N) is 2. The van der Waals surface area contributed by atoms with E-state index in [9.17, 15) is 18.0 Å². The maximum atomic E-state index is 12.9. The van der Waals surface area contributed by atoms with Crippen LogP contribution in [0.5, 0.6) is 0 Å². The Morgan fingerprint density at radius 3 is 2.48 bits per heavy atom. The van der Waals surface area contributed by atoms with Crippen LogP contribution in [0.25, 0.3) is 0 Å². The number of aryl methyl sites for hydroxylation is 1. The minimum atomic E-state index is -4.59. The summed E-state index contributed by atoms with van der Waals surface area (Å²) in [6, 6.07) is 4.86. The minimum absolute atomic E-state index is 0.0132. The van der Waals surface area contributed by atoms with Crippen molar-refractivity contribution in [2.75, 3.05) is 10.6 Å². The van der Waals surface area contributed by atoms with Gasteiger partial charge in [-0.05, 0) is 25.1 Å². The van der Waals surface area contributed by atoms with E-state index in [4.69, 9.17) is 16.1 Å². The van der Waals surface area contributed by atoms with E-state index in [1.165, 1.54) is 24.5 Å². The molecule has 0 aliphatic rings. The van der Waals surface area contributed by atoms with Crippen LogP contribution in [0.15, 0.2) is 41.2 Å². The number of anilines is 3. The molecule has 0 fully saturated rings. The van der Waals surface area contributed by atoms with Gasteiger partial charge in [-0.1, -0.05) is 16.8 Å². The molecule has 0 aliphatic carbocycles. The van der Waals surface area contributed by atoms with Crippen LogP contribution in [0.2, 0.25) is 5.02 Å². The molecule has 3 rings (SSSR count). The van der Waals surface area contributed by atoms with Crippen LogP contribution < -0.4 is 10.6 Å². The Kier molecular flexibility index (Phi) is 5.00. The molecule has 0 bridgehead atoms. The SMILES string of the molecule is Cc1cc(NC(=O)c2cnc(Nc3ccc(Cl)c(C(F)(F)F)c3)nc2)no1. The van der Waals surface area contributed by atoms with Gasteiger partial charge >= 0.3 is 6.18 Å². The van der Waals surface area contributed by atoms with Crippen molar-refractivity contribution >= 4 is 35.0 Å². The van der Waals surface area contributed by atoms with E-state index in [0.717, 1.165) is 12.1 Å². The van der Waals surface area contributed by atoms with Gasteiger partial charge in [0.05, 0.1) is 16.1 Å². The summed E-state index contributed by atoms with van der Waals surface area (Å²) in [6.07, 6.45) is -2.15. The predicted molar refractivity (Wildman–Crippen MR) is 91.0 cm³/mol. The molecule has 0 unspecified atom stereocenters. The quantitative estimate of drug-likeness (QED) is 0.676. The first kappa shape index (κ1) is 18.6. The Morgan fingerprint density at radius 2 is 1.89 bits per heavy atom. The zero-order chi connectivity index (χ0) is 19.6. The van der Waals surface area contributed by atoms with Crippen LogP contribution in [0, 0.1) is 6.92 Å². The lowest BCUT2D eigenvalue weighted by molar-refractivity contribution is -0.137. The Labute approximate surface area is 155 Å². The molecule has 2 N–H and O–H groups in total. The summed E-state index contributed by atoms with van der Waals surface area (Å²) in [5.41, 5.74) is -0.747. The van der Waals surface area contributed by atoms with E-state index in [0.29, 0.717) is 5.76 Å². The molecule has 3 aromatic rings. The lowest BCUT2D eigenvalue weighted by Crippen LogP contribution is -2.13. The largest absolute Gasteiger partial charge is 0.417 e. The van der Waals surface area contributed by atoms with Gasteiger partial charge in [0, 0.05) is 24.1 Å². The van der Waals surface area contributed by atoms with Crippen molar-refractivity contribution in [3.8, 4) is 0 Å². The van der Waals surface area contributed by atoms with Crippen molar-refractivity contribution in [3.63, 3.8) is 0 Å². The first-order valence-corrected chi connectivity index (χ1v) is 7.80. The Hall–Kier alpha value is -3.14. The number of carbonyl (C=O) groups is 1. The maximum Gasteiger partial charge on any atom is 0.417 e. The van der Waals surface area contributed by atoms with Gasteiger partial charge < -0.3 is 15.2 Å². The fourth-order valence-corrected chi connectivity index (χ4v) is 2.30. The summed E-state index contributed by atoms with van der Waals surface area (Å²) in [5, 5.41) is 8.33. The number of alkyl halides is 3. The Morgan fingerprint density at radius 1 is 1.19 bits per heavy atom. The fraction of sp³-hybridized carbons (Fsp3) is 0.125. The summed E-state index contributed by atoms with van der Waals surface area (Å²) >= 11 is 5.57. The summed E-state index contributed by atoms with van der Waals surface area (Å²) < 4.78 is 43.5. The summed E-state index contributed by atoms with van der Waals surface area (Å²) in [7, 11) is 0. The topological polar surface area (TPSA) is 92.9 Å². The highest BCUT2D eigenvalue weighted by atomic mass is 35.5. The van der Waals surface area contributed by atoms with Crippen molar-refractivity contribution in [1.82, 2.24) is 15.1 Å². The smallest absolute Gasteiger partial charge is 0.360 e. The van der Waals surface area contributed by atoms with Gasteiger partial charge in [0.2, 0.25) is 5.95 Å². The normalized spacial score (nSPS) is 11.3. The molecule has 0 saturated carbocycles. The van der Waals surface area contributed by atoms with E-state index in [2.05, 4.69) is 25.8 Å². The number of hydrogen-bond donors (Lipinski definition) is 2.